The Morgan fingerprint density at radius 3 is 1.43 bits per heavy atom. The van der Waals surface area contributed by atoms with Gasteiger partial charge in [0.05, 0.1) is 13.2 Å². The monoisotopic (exact) mass is 316 g/mol. The van der Waals surface area contributed by atoms with E-state index in [9.17, 15) is 9.59 Å². The molecule has 6 nitrogen and oxygen atoms in total. The Labute approximate surface area is 133 Å². The molecule has 0 bridgehead atoms. The van der Waals surface area contributed by atoms with Gasteiger partial charge >= 0.3 is 12.3 Å². The zero-order chi connectivity index (χ0) is 16.3. The van der Waals surface area contributed by atoms with E-state index in [4.69, 9.17) is 18.9 Å². The Kier molecular flexibility index (Phi) is 6.46. The number of ether oxygens (including phenoxy) is 4. The van der Waals surface area contributed by atoms with E-state index in [-0.39, 0.29) is 13.2 Å². The molecule has 2 aromatic rings. The first-order valence-corrected chi connectivity index (χ1v) is 7.03. The van der Waals surface area contributed by atoms with Crippen molar-refractivity contribution < 1.29 is 28.5 Å². The second-order valence-electron chi connectivity index (χ2n) is 4.38. The highest BCUT2D eigenvalue weighted by Crippen LogP contribution is 2.10. The van der Waals surface area contributed by atoms with Crippen LogP contribution in [0.2, 0.25) is 0 Å². The van der Waals surface area contributed by atoms with E-state index in [1.54, 1.807) is 48.5 Å². The van der Waals surface area contributed by atoms with E-state index in [1.165, 1.54) is 0 Å². The van der Waals surface area contributed by atoms with Gasteiger partial charge in [-0.05, 0) is 24.3 Å². The summed E-state index contributed by atoms with van der Waals surface area (Å²) in [5.41, 5.74) is 0. The summed E-state index contributed by atoms with van der Waals surface area (Å²) in [5, 5.41) is 0. The first kappa shape index (κ1) is 16.4. The molecule has 23 heavy (non-hydrogen) atoms. The van der Waals surface area contributed by atoms with Gasteiger partial charge in [0.15, 0.2) is 0 Å². The molecule has 6 heteroatoms. The lowest BCUT2D eigenvalue weighted by Crippen LogP contribution is -2.15. The molecule has 0 unspecified atom stereocenters. The summed E-state index contributed by atoms with van der Waals surface area (Å²) in [4.78, 5) is 22.7. The molecule has 0 atom stereocenters. The predicted molar refractivity (Wildman–Crippen MR) is 81.5 cm³/mol. The predicted octanol–water partition coefficient (Wildman–Crippen LogP) is 3.81. The third kappa shape index (κ3) is 6.52. The van der Waals surface area contributed by atoms with E-state index in [0.29, 0.717) is 17.9 Å². The molecule has 0 radical (unpaired) electrons. The summed E-state index contributed by atoms with van der Waals surface area (Å²) in [7, 11) is 0. The lowest BCUT2D eigenvalue weighted by Gasteiger charge is -2.07. The van der Waals surface area contributed by atoms with E-state index >= 15 is 0 Å². The van der Waals surface area contributed by atoms with Gasteiger partial charge in [-0.2, -0.15) is 0 Å². The van der Waals surface area contributed by atoms with E-state index < -0.39 is 12.3 Å². The molecule has 0 spiro atoms. The number of rotatable bonds is 6. The van der Waals surface area contributed by atoms with Crippen LogP contribution in [-0.2, 0) is 9.47 Å². The van der Waals surface area contributed by atoms with Crippen LogP contribution >= 0.6 is 0 Å². The van der Waals surface area contributed by atoms with E-state index in [1.807, 2.05) is 12.1 Å². The van der Waals surface area contributed by atoms with Crippen LogP contribution in [0.3, 0.4) is 0 Å². The van der Waals surface area contributed by atoms with Crippen LogP contribution in [-0.4, -0.2) is 25.5 Å². The summed E-state index contributed by atoms with van der Waals surface area (Å²) in [6.07, 6.45) is -1.26. The molecule has 0 heterocycles. The van der Waals surface area contributed by atoms with Crippen LogP contribution in [0.4, 0.5) is 9.59 Å². The molecular formula is C17H16O6. The SMILES string of the molecule is O=C(OCCCOC(=O)Oc1ccccc1)Oc1ccccc1. The topological polar surface area (TPSA) is 71.1 Å². The van der Waals surface area contributed by atoms with Crippen molar-refractivity contribution in [1.82, 2.24) is 0 Å². The molecule has 120 valence electrons. The van der Waals surface area contributed by atoms with Gasteiger partial charge in [0.25, 0.3) is 0 Å². The van der Waals surface area contributed by atoms with Crippen LogP contribution in [0.5, 0.6) is 11.5 Å². The largest absolute Gasteiger partial charge is 0.513 e. The normalized spacial score (nSPS) is 9.74. The number of hydrogen-bond donors (Lipinski definition) is 0. The summed E-state index contributed by atoms with van der Waals surface area (Å²) in [6.45, 7) is 0.147. The Balaban J connectivity index is 1.55. The highest BCUT2D eigenvalue weighted by atomic mass is 16.7. The minimum atomic E-state index is -0.803. The Morgan fingerprint density at radius 1 is 0.652 bits per heavy atom. The zero-order valence-electron chi connectivity index (χ0n) is 12.3. The summed E-state index contributed by atoms with van der Waals surface area (Å²) in [6, 6.07) is 17.2. The van der Waals surface area contributed by atoms with Gasteiger partial charge in [-0.3, -0.25) is 0 Å². The smallest absolute Gasteiger partial charge is 0.434 e. The van der Waals surface area contributed by atoms with Gasteiger partial charge in [-0.1, -0.05) is 36.4 Å². The first-order valence-electron chi connectivity index (χ1n) is 7.03. The Bertz CT molecular complexity index is 556. The fourth-order valence-corrected chi connectivity index (χ4v) is 1.60. The molecule has 0 saturated carbocycles. The minimum Gasteiger partial charge on any atom is -0.434 e. The van der Waals surface area contributed by atoms with Crippen molar-refractivity contribution in [2.24, 2.45) is 0 Å². The maximum Gasteiger partial charge on any atom is 0.513 e. The average Bonchev–Trinajstić information content (AvgIpc) is 2.56. The third-order valence-corrected chi connectivity index (χ3v) is 2.62. The lowest BCUT2D eigenvalue weighted by molar-refractivity contribution is 0.0757. The second kappa shape index (κ2) is 9.09. The van der Waals surface area contributed by atoms with Crippen molar-refractivity contribution >= 4 is 12.3 Å². The van der Waals surface area contributed by atoms with Crippen LogP contribution in [0, 0.1) is 0 Å². The van der Waals surface area contributed by atoms with Gasteiger partial charge in [-0.15, -0.1) is 0 Å². The van der Waals surface area contributed by atoms with Gasteiger partial charge in [0.1, 0.15) is 11.5 Å². The number of hydrogen-bond acceptors (Lipinski definition) is 6. The summed E-state index contributed by atoms with van der Waals surface area (Å²) >= 11 is 0. The minimum absolute atomic E-state index is 0.0737. The third-order valence-electron chi connectivity index (χ3n) is 2.62. The standard InChI is InChI=1S/C17H16O6/c18-16(22-14-8-3-1-4-9-14)20-12-7-13-21-17(19)23-15-10-5-2-6-11-15/h1-6,8-11H,7,12-13H2. The van der Waals surface area contributed by atoms with Crippen LogP contribution < -0.4 is 9.47 Å². The van der Waals surface area contributed by atoms with Crippen molar-refractivity contribution in [1.29, 1.82) is 0 Å². The number of benzene rings is 2. The lowest BCUT2D eigenvalue weighted by atomic mass is 10.3. The highest BCUT2D eigenvalue weighted by Gasteiger charge is 2.07. The van der Waals surface area contributed by atoms with Crippen LogP contribution in [0.1, 0.15) is 6.42 Å². The summed E-state index contributed by atoms with van der Waals surface area (Å²) in [5.74, 6) is 0.806. The van der Waals surface area contributed by atoms with Gasteiger partial charge < -0.3 is 18.9 Å². The molecule has 0 aliphatic rings. The van der Waals surface area contributed by atoms with Crippen LogP contribution in [0.15, 0.2) is 60.7 Å². The molecule has 0 saturated heterocycles. The fraction of sp³-hybridized carbons (Fsp3) is 0.176. The first-order chi connectivity index (χ1) is 11.2. The maximum atomic E-state index is 11.4. The van der Waals surface area contributed by atoms with Gasteiger partial charge in [0, 0.05) is 6.42 Å². The van der Waals surface area contributed by atoms with Crippen molar-refractivity contribution in [3.63, 3.8) is 0 Å². The summed E-state index contributed by atoms with van der Waals surface area (Å²) < 4.78 is 19.6. The van der Waals surface area contributed by atoms with Crippen LogP contribution in [0.25, 0.3) is 0 Å². The molecular weight excluding hydrogens is 300 g/mol. The molecule has 0 N–H and O–H groups in total. The molecule has 0 aliphatic carbocycles. The molecule has 0 aromatic heterocycles. The van der Waals surface area contributed by atoms with E-state index in [0.717, 1.165) is 0 Å². The van der Waals surface area contributed by atoms with Crippen molar-refractivity contribution in [3.05, 3.63) is 60.7 Å². The highest BCUT2D eigenvalue weighted by molar-refractivity contribution is 5.64. The van der Waals surface area contributed by atoms with Gasteiger partial charge in [0.2, 0.25) is 0 Å². The quantitative estimate of drug-likeness (QED) is 0.458. The average molecular weight is 316 g/mol. The molecule has 0 aliphatic heterocycles. The second-order valence-corrected chi connectivity index (χ2v) is 4.38. The van der Waals surface area contributed by atoms with Crippen molar-refractivity contribution in [3.8, 4) is 11.5 Å². The van der Waals surface area contributed by atoms with Crippen molar-refractivity contribution in [2.45, 2.75) is 6.42 Å². The molecule has 0 fully saturated rings. The van der Waals surface area contributed by atoms with Gasteiger partial charge in [-0.25, -0.2) is 9.59 Å². The molecule has 0 amide bonds. The Hall–Kier alpha value is -3.02. The number of carbonyl (C=O) groups is 2. The maximum absolute atomic E-state index is 11.4. The fourth-order valence-electron chi connectivity index (χ4n) is 1.60. The molecule has 2 aromatic carbocycles. The Morgan fingerprint density at radius 2 is 1.04 bits per heavy atom. The van der Waals surface area contributed by atoms with E-state index in [2.05, 4.69) is 0 Å². The zero-order valence-corrected chi connectivity index (χ0v) is 12.3. The number of carbonyl (C=O) groups excluding carboxylic acids is 2. The molecule has 2 rings (SSSR count). The number of para-hydroxylation sites is 2. The van der Waals surface area contributed by atoms with Crippen molar-refractivity contribution in [2.75, 3.05) is 13.2 Å².